The Morgan fingerprint density at radius 3 is 2.88 bits per heavy atom. The lowest BCUT2D eigenvalue weighted by Gasteiger charge is -2.35. The molecular weight excluding hydrogens is 324 g/mol. The predicted molar refractivity (Wildman–Crippen MR) is 91.5 cm³/mol. The summed E-state index contributed by atoms with van der Waals surface area (Å²) in [6.45, 7) is 2.84. The van der Waals surface area contributed by atoms with E-state index in [1.807, 2.05) is 22.4 Å². The lowest BCUT2D eigenvalue weighted by molar-refractivity contribution is -0.204. The highest BCUT2D eigenvalue weighted by molar-refractivity contribution is 7.12. The summed E-state index contributed by atoms with van der Waals surface area (Å²) < 4.78 is 0. The van der Waals surface area contributed by atoms with Gasteiger partial charge in [0.2, 0.25) is 5.91 Å². The van der Waals surface area contributed by atoms with Gasteiger partial charge in [-0.2, -0.15) is 0 Å². The Kier molecular flexibility index (Phi) is 4.35. The summed E-state index contributed by atoms with van der Waals surface area (Å²) >= 11 is 1.49. The third kappa shape index (κ3) is 2.75. The van der Waals surface area contributed by atoms with Gasteiger partial charge in [-0.3, -0.25) is 14.4 Å². The second-order valence-corrected chi connectivity index (χ2v) is 8.19. The van der Waals surface area contributed by atoms with Crippen LogP contribution in [0.1, 0.15) is 48.2 Å². The quantitative estimate of drug-likeness (QED) is 0.826. The summed E-state index contributed by atoms with van der Waals surface area (Å²) in [5, 5.41) is 3.54. The number of carbonyl (C=O) groups excluding carboxylic acids is 2. The molecule has 24 heavy (non-hydrogen) atoms. The smallest absolute Gasteiger partial charge is 0.263 e. The van der Waals surface area contributed by atoms with Gasteiger partial charge in [-0.15, -0.1) is 11.3 Å². The van der Waals surface area contributed by atoms with Gasteiger partial charge in [0, 0.05) is 31.0 Å². The van der Waals surface area contributed by atoms with Gasteiger partial charge >= 0.3 is 0 Å². The summed E-state index contributed by atoms with van der Waals surface area (Å²) in [6.07, 6.45) is 6.04. The van der Waals surface area contributed by atoms with Gasteiger partial charge in [0.1, 0.15) is 0 Å². The number of carbonyl (C=O) groups is 2. The van der Waals surface area contributed by atoms with Crippen LogP contribution < -0.4 is 0 Å². The molecule has 3 heterocycles. The Balaban J connectivity index is 1.48. The Bertz CT molecular complexity index is 612. The van der Waals surface area contributed by atoms with Crippen LogP contribution in [0.3, 0.4) is 0 Å². The van der Waals surface area contributed by atoms with E-state index in [0.29, 0.717) is 19.7 Å². The molecule has 130 valence electrons. The summed E-state index contributed by atoms with van der Waals surface area (Å²) in [4.78, 5) is 34.0. The van der Waals surface area contributed by atoms with Crippen molar-refractivity contribution >= 4 is 23.2 Å². The molecule has 2 aliphatic heterocycles. The van der Waals surface area contributed by atoms with Crippen molar-refractivity contribution in [3.05, 3.63) is 22.4 Å². The van der Waals surface area contributed by atoms with Gasteiger partial charge in [-0.1, -0.05) is 12.5 Å². The van der Waals surface area contributed by atoms with Crippen molar-refractivity contribution in [1.82, 2.24) is 9.96 Å². The molecule has 0 unspecified atom stereocenters. The van der Waals surface area contributed by atoms with E-state index >= 15 is 0 Å². The molecule has 0 bridgehead atoms. The SMILES string of the molecule is O=C(c1cccs1)N1CC[C@@]2(CCC[C@H]2C(=O)N2CCCCO2)C1. The molecule has 3 aliphatic rings. The first-order valence-corrected chi connectivity index (χ1v) is 9.85. The molecule has 4 rings (SSSR count). The van der Waals surface area contributed by atoms with Crippen molar-refractivity contribution in [3.63, 3.8) is 0 Å². The van der Waals surface area contributed by atoms with E-state index in [-0.39, 0.29) is 23.1 Å². The minimum atomic E-state index is -0.0369. The van der Waals surface area contributed by atoms with E-state index in [2.05, 4.69) is 0 Å². The van der Waals surface area contributed by atoms with Crippen molar-refractivity contribution in [2.75, 3.05) is 26.2 Å². The molecule has 2 atom stereocenters. The number of hydroxylamine groups is 2. The fourth-order valence-corrected chi connectivity index (χ4v) is 5.27. The van der Waals surface area contributed by atoms with E-state index < -0.39 is 0 Å². The normalized spacial score (nSPS) is 30.2. The van der Waals surface area contributed by atoms with E-state index in [1.165, 1.54) is 11.3 Å². The highest BCUT2D eigenvalue weighted by Crippen LogP contribution is 2.50. The largest absolute Gasteiger partial charge is 0.337 e. The lowest BCUT2D eigenvalue weighted by Crippen LogP contribution is -2.45. The summed E-state index contributed by atoms with van der Waals surface area (Å²) in [5.74, 6) is 0.281. The molecule has 0 N–H and O–H groups in total. The van der Waals surface area contributed by atoms with Crippen molar-refractivity contribution in [2.24, 2.45) is 11.3 Å². The van der Waals surface area contributed by atoms with Crippen LogP contribution in [-0.2, 0) is 9.63 Å². The van der Waals surface area contributed by atoms with Crippen molar-refractivity contribution in [2.45, 2.75) is 38.5 Å². The van der Waals surface area contributed by atoms with Crippen LogP contribution in [-0.4, -0.2) is 48.0 Å². The number of thiophene rings is 1. The molecule has 0 radical (unpaired) electrons. The highest BCUT2D eigenvalue weighted by Gasteiger charge is 2.52. The standard InChI is InChI=1S/C18H24N2O3S/c21-16(20-9-1-2-11-23-20)14-5-3-7-18(14)8-10-19(13-18)17(22)15-6-4-12-24-15/h4,6,12,14H,1-3,5,7-11,13H2/t14-,18-/m0/s1. The van der Waals surface area contributed by atoms with Crippen LogP contribution in [0.4, 0.5) is 0 Å². The average molecular weight is 348 g/mol. The van der Waals surface area contributed by atoms with Gasteiger partial charge < -0.3 is 4.90 Å². The van der Waals surface area contributed by atoms with Gasteiger partial charge in [0.05, 0.1) is 11.5 Å². The van der Waals surface area contributed by atoms with Crippen LogP contribution in [0.5, 0.6) is 0 Å². The summed E-state index contributed by atoms with van der Waals surface area (Å²) in [6, 6.07) is 3.80. The molecule has 2 amide bonds. The van der Waals surface area contributed by atoms with E-state index in [0.717, 1.165) is 49.9 Å². The second kappa shape index (κ2) is 6.48. The Labute approximate surface area is 146 Å². The fourth-order valence-electron chi connectivity index (χ4n) is 4.58. The summed E-state index contributed by atoms with van der Waals surface area (Å²) in [7, 11) is 0. The second-order valence-electron chi connectivity index (χ2n) is 7.24. The third-order valence-electron chi connectivity index (χ3n) is 5.86. The van der Waals surface area contributed by atoms with Crippen molar-refractivity contribution < 1.29 is 14.4 Å². The third-order valence-corrected chi connectivity index (χ3v) is 6.72. The zero-order valence-electron chi connectivity index (χ0n) is 13.9. The van der Waals surface area contributed by atoms with Crippen LogP contribution in [0.25, 0.3) is 0 Å². The Morgan fingerprint density at radius 2 is 2.12 bits per heavy atom. The monoisotopic (exact) mass is 348 g/mol. The molecule has 1 aromatic rings. The molecule has 6 heteroatoms. The maximum atomic E-state index is 13.0. The molecule has 3 fully saturated rings. The van der Waals surface area contributed by atoms with E-state index in [9.17, 15) is 9.59 Å². The number of hydrogen-bond acceptors (Lipinski definition) is 4. The van der Waals surface area contributed by atoms with Gasteiger partial charge in [-0.05, 0) is 43.6 Å². The van der Waals surface area contributed by atoms with Gasteiger partial charge in [-0.25, -0.2) is 5.06 Å². The van der Waals surface area contributed by atoms with Gasteiger partial charge in [0.15, 0.2) is 0 Å². The van der Waals surface area contributed by atoms with Crippen LogP contribution in [0.2, 0.25) is 0 Å². The lowest BCUT2D eigenvalue weighted by atomic mass is 9.76. The number of rotatable bonds is 2. The zero-order valence-corrected chi connectivity index (χ0v) is 14.7. The average Bonchev–Trinajstić information content (AvgIpc) is 3.37. The molecular formula is C18H24N2O3S. The first-order valence-electron chi connectivity index (χ1n) is 8.97. The van der Waals surface area contributed by atoms with E-state index in [4.69, 9.17) is 4.84 Å². The molecule has 1 aliphatic carbocycles. The molecule has 0 aromatic carbocycles. The zero-order chi connectivity index (χ0) is 16.6. The number of hydrogen-bond donors (Lipinski definition) is 0. The molecule has 1 aromatic heterocycles. The summed E-state index contributed by atoms with van der Waals surface area (Å²) in [5.41, 5.74) is -0.0369. The fraction of sp³-hybridized carbons (Fsp3) is 0.667. The van der Waals surface area contributed by atoms with Crippen LogP contribution in [0, 0.1) is 11.3 Å². The Morgan fingerprint density at radius 1 is 1.21 bits per heavy atom. The topological polar surface area (TPSA) is 49.9 Å². The molecule has 2 saturated heterocycles. The van der Waals surface area contributed by atoms with Gasteiger partial charge in [0.25, 0.3) is 5.91 Å². The minimum absolute atomic E-state index is 0.0109. The highest BCUT2D eigenvalue weighted by atomic mass is 32.1. The first kappa shape index (κ1) is 16.1. The first-order chi connectivity index (χ1) is 11.7. The predicted octanol–water partition coefficient (Wildman–Crippen LogP) is 2.93. The molecule has 1 spiro atoms. The molecule has 5 nitrogen and oxygen atoms in total. The molecule has 1 saturated carbocycles. The number of amides is 2. The minimum Gasteiger partial charge on any atom is -0.337 e. The van der Waals surface area contributed by atoms with Crippen molar-refractivity contribution in [3.8, 4) is 0 Å². The maximum Gasteiger partial charge on any atom is 0.263 e. The van der Waals surface area contributed by atoms with Crippen LogP contribution >= 0.6 is 11.3 Å². The Hall–Kier alpha value is -1.40. The number of likely N-dealkylation sites (tertiary alicyclic amines) is 1. The van der Waals surface area contributed by atoms with Crippen molar-refractivity contribution in [1.29, 1.82) is 0 Å². The van der Waals surface area contributed by atoms with E-state index in [1.54, 1.807) is 5.06 Å². The van der Waals surface area contributed by atoms with Crippen LogP contribution in [0.15, 0.2) is 17.5 Å². The number of nitrogens with zero attached hydrogens (tertiary/aromatic N) is 2. The maximum absolute atomic E-state index is 13.0.